The predicted octanol–water partition coefficient (Wildman–Crippen LogP) is 8.42. The molecule has 0 bridgehead atoms. The lowest BCUT2D eigenvalue weighted by molar-refractivity contribution is -0.134. The number of carboxylic acids is 2. The number of carbonyl (C=O) groups excluding carboxylic acids is 2. The molecule has 2 amide bonds. The fraction of sp³-hybridized carbons (Fsp3) is 0.429. The number of imidazole rings is 2. The molecule has 4 heterocycles. The van der Waals surface area contributed by atoms with Crippen LogP contribution in [-0.2, 0) is 31.9 Å². The Kier molecular flexibility index (Phi) is 15.5. The minimum absolute atomic E-state index is 0.103. The van der Waals surface area contributed by atoms with Crippen molar-refractivity contribution in [3.05, 3.63) is 119 Å². The van der Waals surface area contributed by atoms with Crippen LogP contribution in [-0.4, -0.2) is 98.9 Å². The van der Waals surface area contributed by atoms with E-state index in [1.807, 2.05) is 99.9 Å². The molecule has 2 aliphatic heterocycles. The summed E-state index contributed by atoms with van der Waals surface area (Å²) in [6.07, 6.45) is 16.0. The number of aromatic nitrogens is 4. The molecule has 6 rings (SSSR count). The maximum absolute atomic E-state index is 13.0. The van der Waals surface area contributed by atoms with Crippen molar-refractivity contribution in [1.82, 2.24) is 28.9 Å². The lowest BCUT2D eigenvalue weighted by atomic mass is 9.99. The molecule has 4 aromatic rings. The number of ether oxygens (including phenoxy) is 2. The topological polar surface area (TPSA) is 169 Å². The number of aliphatic carboxylic acids is 2. The van der Waals surface area contributed by atoms with Crippen LogP contribution in [0.2, 0.25) is 10.0 Å². The van der Waals surface area contributed by atoms with E-state index in [0.29, 0.717) is 25.4 Å². The van der Waals surface area contributed by atoms with Crippen LogP contribution in [0.1, 0.15) is 78.4 Å². The lowest BCUT2D eigenvalue weighted by Crippen LogP contribution is -2.55. The van der Waals surface area contributed by atoms with Gasteiger partial charge >= 0.3 is 24.0 Å². The Bertz CT molecular complexity index is 1860. The van der Waals surface area contributed by atoms with Gasteiger partial charge in [-0.2, -0.15) is 0 Å². The second kappa shape index (κ2) is 19.6. The molecule has 0 radical (unpaired) electrons. The van der Waals surface area contributed by atoms with Crippen LogP contribution < -0.4 is 0 Å². The van der Waals surface area contributed by atoms with Crippen LogP contribution >= 0.6 is 23.2 Å². The van der Waals surface area contributed by atoms with Crippen molar-refractivity contribution in [2.24, 2.45) is 0 Å². The molecule has 0 aliphatic carbocycles. The summed E-state index contributed by atoms with van der Waals surface area (Å²) in [5, 5.41) is 17.1. The molecule has 2 unspecified atom stereocenters. The number of hydrogen-bond donors (Lipinski definition) is 2. The number of amides is 2. The van der Waals surface area contributed by atoms with Gasteiger partial charge in [0.25, 0.3) is 0 Å². The molecule has 0 saturated carbocycles. The molecule has 14 nitrogen and oxygen atoms in total. The van der Waals surface area contributed by atoms with Gasteiger partial charge in [0.2, 0.25) is 0 Å². The third-order valence-electron chi connectivity index (χ3n) is 9.87. The van der Waals surface area contributed by atoms with Crippen molar-refractivity contribution in [2.75, 3.05) is 13.2 Å². The number of carboxylic acid groups (broad SMARTS) is 2. The molecular formula is C42H52Cl2N6O8. The third-order valence-corrected chi connectivity index (χ3v) is 10.4. The van der Waals surface area contributed by atoms with Gasteiger partial charge in [-0.1, -0.05) is 47.5 Å². The van der Waals surface area contributed by atoms with E-state index in [1.54, 1.807) is 24.8 Å². The molecule has 16 heteroatoms. The fourth-order valence-electron chi connectivity index (χ4n) is 7.15. The Morgan fingerprint density at radius 3 is 1.28 bits per heavy atom. The quantitative estimate of drug-likeness (QED) is 0.148. The summed E-state index contributed by atoms with van der Waals surface area (Å²) in [6.45, 7) is 13.2. The van der Waals surface area contributed by atoms with Gasteiger partial charge in [-0.05, 0) is 115 Å². The Hall–Kier alpha value is -5.02. The molecule has 2 aromatic carbocycles. The average Bonchev–Trinajstić information content (AvgIpc) is 3.97. The van der Waals surface area contributed by atoms with Gasteiger partial charge in [0.1, 0.15) is 24.1 Å². The first-order chi connectivity index (χ1) is 27.3. The van der Waals surface area contributed by atoms with Crippen molar-refractivity contribution in [3.8, 4) is 0 Å². The van der Waals surface area contributed by atoms with Crippen LogP contribution in [0.25, 0.3) is 0 Å². The van der Waals surface area contributed by atoms with E-state index < -0.39 is 23.4 Å². The molecule has 0 spiro atoms. The molecule has 2 aliphatic rings. The maximum Gasteiger partial charge on any atom is 0.332 e. The number of aryl methyl sites for hydroxylation is 2. The lowest BCUT2D eigenvalue weighted by Gasteiger charge is -2.40. The predicted molar refractivity (Wildman–Crippen MR) is 220 cm³/mol. The zero-order valence-electron chi connectivity index (χ0n) is 33.7. The molecule has 58 heavy (non-hydrogen) atoms. The number of nitrogens with zero attached hydrogens (tertiary/aromatic N) is 6. The van der Waals surface area contributed by atoms with Gasteiger partial charge in [0.15, 0.2) is 0 Å². The van der Waals surface area contributed by atoms with E-state index in [0.717, 1.165) is 48.6 Å². The highest BCUT2D eigenvalue weighted by atomic mass is 35.5. The third kappa shape index (κ3) is 12.2. The van der Waals surface area contributed by atoms with Crippen molar-refractivity contribution in [2.45, 2.75) is 103 Å². The van der Waals surface area contributed by atoms with Crippen LogP contribution in [0.4, 0.5) is 9.59 Å². The van der Waals surface area contributed by atoms with E-state index in [-0.39, 0.29) is 23.1 Å². The Morgan fingerprint density at radius 2 is 0.983 bits per heavy atom. The summed E-state index contributed by atoms with van der Waals surface area (Å²) in [5.41, 5.74) is 0.483. The first-order valence-corrected chi connectivity index (χ1v) is 19.6. The van der Waals surface area contributed by atoms with E-state index in [1.165, 1.54) is 32.9 Å². The van der Waals surface area contributed by atoms with Crippen LogP contribution in [0.5, 0.6) is 0 Å². The summed E-state index contributed by atoms with van der Waals surface area (Å²) < 4.78 is 15.2. The molecule has 2 N–H and O–H groups in total. The highest BCUT2D eigenvalue weighted by Crippen LogP contribution is 2.40. The second-order valence-electron chi connectivity index (χ2n) is 15.7. The SMILES string of the molecule is CC1(C)COC(C)(CCCc2ccc(Cl)cc2)N1C(=O)n1ccnc1.CC1(C)COC(C)(CCCc2ccc(Cl)cc2)N1C(=O)n1ccnc1.O=C(O)/C=C/C(=O)O. The molecule has 2 saturated heterocycles. The summed E-state index contributed by atoms with van der Waals surface area (Å²) in [4.78, 5) is 56.7. The van der Waals surface area contributed by atoms with Gasteiger partial charge < -0.3 is 19.7 Å². The minimum atomic E-state index is -1.26. The number of carbonyl (C=O) groups is 4. The number of hydrogen-bond acceptors (Lipinski definition) is 8. The summed E-state index contributed by atoms with van der Waals surface area (Å²) in [6, 6.07) is 15.6. The van der Waals surface area contributed by atoms with Crippen LogP contribution in [0.3, 0.4) is 0 Å². The number of rotatable bonds is 10. The van der Waals surface area contributed by atoms with E-state index >= 15 is 0 Å². The molecule has 312 valence electrons. The van der Waals surface area contributed by atoms with Crippen molar-refractivity contribution in [1.29, 1.82) is 0 Å². The van der Waals surface area contributed by atoms with Crippen molar-refractivity contribution in [3.63, 3.8) is 0 Å². The summed E-state index contributed by atoms with van der Waals surface area (Å²) in [5.74, 6) is -2.51. The fourth-order valence-corrected chi connectivity index (χ4v) is 7.41. The zero-order chi connectivity index (χ0) is 42.7. The van der Waals surface area contributed by atoms with Gasteiger partial charge in [0.05, 0.1) is 24.3 Å². The Balaban J connectivity index is 0.000000217. The van der Waals surface area contributed by atoms with Crippen LogP contribution in [0.15, 0.2) is 98.1 Å². The Labute approximate surface area is 349 Å². The van der Waals surface area contributed by atoms with Crippen LogP contribution in [0, 0.1) is 0 Å². The van der Waals surface area contributed by atoms with Crippen molar-refractivity contribution >= 4 is 47.2 Å². The molecule has 2 fully saturated rings. The minimum Gasteiger partial charge on any atom is -0.478 e. The Morgan fingerprint density at radius 1 is 0.638 bits per heavy atom. The van der Waals surface area contributed by atoms with E-state index in [9.17, 15) is 19.2 Å². The molecular weight excluding hydrogens is 787 g/mol. The first-order valence-electron chi connectivity index (χ1n) is 18.8. The van der Waals surface area contributed by atoms with Gasteiger partial charge in [-0.3, -0.25) is 18.9 Å². The highest BCUT2D eigenvalue weighted by molar-refractivity contribution is 6.30. The van der Waals surface area contributed by atoms with E-state index in [4.69, 9.17) is 42.9 Å². The van der Waals surface area contributed by atoms with Gasteiger partial charge in [-0.25, -0.2) is 29.1 Å². The smallest absolute Gasteiger partial charge is 0.332 e. The largest absolute Gasteiger partial charge is 0.478 e. The summed E-state index contributed by atoms with van der Waals surface area (Å²) >= 11 is 11.9. The first kappa shape index (κ1) is 45.7. The van der Waals surface area contributed by atoms with E-state index in [2.05, 4.69) is 9.97 Å². The maximum atomic E-state index is 13.0. The van der Waals surface area contributed by atoms with Crippen molar-refractivity contribution < 1.29 is 38.9 Å². The van der Waals surface area contributed by atoms with Gasteiger partial charge in [0, 0.05) is 47.0 Å². The normalized spacial score (nSPS) is 20.6. The second-order valence-corrected chi connectivity index (χ2v) is 16.6. The molecule has 2 atom stereocenters. The molecule has 2 aromatic heterocycles. The number of halogens is 2. The van der Waals surface area contributed by atoms with Gasteiger partial charge in [-0.15, -0.1) is 0 Å². The number of benzene rings is 2. The standard InChI is InChI=1S/2C19H24ClN3O2.C4H4O4/c2*1-18(2)13-25-19(3,23(18)17(24)22-12-11-21-14-22)10-4-5-15-6-8-16(20)9-7-15;5-3(6)1-2-4(7)8/h2*6-9,11-12,14H,4-5,10,13H2,1-3H3;1-2H,(H,5,6)(H,7,8)/b;;2-1+. The average molecular weight is 840 g/mol. The highest BCUT2D eigenvalue weighted by Gasteiger charge is 2.52. The zero-order valence-corrected chi connectivity index (χ0v) is 35.2. The monoisotopic (exact) mass is 838 g/mol. The summed E-state index contributed by atoms with van der Waals surface area (Å²) in [7, 11) is 0.